The second-order valence-electron chi connectivity index (χ2n) is 7.06. The number of nitrogens with zero attached hydrogens (tertiary/aromatic N) is 3. The van der Waals surface area contributed by atoms with Gasteiger partial charge in [-0.15, -0.1) is 0 Å². The third-order valence-electron chi connectivity index (χ3n) is 5.06. The Hall–Kier alpha value is -3.78. The monoisotopic (exact) mass is 451 g/mol. The molecule has 0 fully saturated rings. The minimum absolute atomic E-state index is 0.268. The Morgan fingerprint density at radius 1 is 1.12 bits per heavy atom. The summed E-state index contributed by atoms with van der Waals surface area (Å²) in [6.45, 7) is 0.370. The van der Waals surface area contributed by atoms with Crippen molar-refractivity contribution in [2.24, 2.45) is 7.05 Å². The van der Waals surface area contributed by atoms with Crippen LogP contribution in [0.2, 0.25) is 5.15 Å². The van der Waals surface area contributed by atoms with Crippen LogP contribution in [0.5, 0.6) is 11.5 Å². The molecule has 9 heteroatoms. The number of rotatable bonds is 7. The van der Waals surface area contributed by atoms with Gasteiger partial charge in [0.2, 0.25) is 0 Å². The number of nitrogens with one attached hydrogen (secondary N) is 2. The van der Waals surface area contributed by atoms with Gasteiger partial charge in [-0.2, -0.15) is 5.10 Å². The Labute approximate surface area is 190 Å². The van der Waals surface area contributed by atoms with E-state index in [9.17, 15) is 4.79 Å². The molecule has 2 heterocycles. The zero-order chi connectivity index (χ0) is 22.7. The molecule has 0 aliphatic heterocycles. The molecule has 4 rings (SSSR count). The molecule has 0 aliphatic carbocycles. The van der Waals surface area contributed by atoms with E-state index in [2.05, 4.69) is 20.4 Å². The first-order valence-corrected chi connectivity index (χ1v) is 10.2. The Bertz CT molecular complexity index is 1250. The van der Waals surface area contributed by atoms with Crippen LogP contribution >= 0.6 is 11.6 Å². The number of ether oxygens (including phenoxy) is 2. The fourth-order valence-electron chi connectivity index (χ4n) is 3.26. The van der Waals surface area contributed by atoms with Gasteiger partial charge in [-0.1, -0.05) is 35.9 Å². The van der Waals surface area contributed by atoms with E-state index in [1.54, 1.807) is 27.5 Å². The van der Waals surface area contributed by atoms with Crippen LogP contribution in [0.25, 0.3) is 22.6 Å². The predicted molar refractivity (Wildman–Crippen MR) is 122 cm³/mol. The number of methoxy groups -OCH3 is 2. The number of H-pyrrole nitrogens is 1. The molecule has 0 unspecified atom stereocenters. The maximum Gasteiger partial charge on any atom is 0.256 e. The second kappa shape index (κ2) is 9.15. The van der Waals surface area contributed by atoms with Crippen molar-refractivity contribution in [3.8, 4) is 34.1 Å². The number of aromatic nitrogens is 4. The minimum Gasteiger partial charge on any atom is -0.497 e. The summed E-state index contributed by atoms with van der Waals surface area (Å²) in [5, 5.41) is 7.14. The smallest absolute Gasteiger partial charge is 0.256 e. The van der Waals surface area contributed by atoms with Crippen LogP contribution in [-0.2, 0) is 13.6 Å². The maximum absolute atomic E-state index is 12.3. The van der Waals surface area contributed by atoms with Crippen LogP contribution in [0.4, 0.5) is 0 Å². The molecule has 0 aliphatic rings. The first-order valence-electron chi connectivity index (χ1n) is 9.82. The largest absolute Gasteiger partial charge is 0.497 e. The second-order valence-corrected chi connectivity index (χ2v) is 7.42. The lowest BCUT2D eigenvalue weighted by atomic mass is 10.1. The summed E-state index contributed by atoms with van der Waals surface area (Å²) in [7, 11) is 4.93. The van der Waals surface area contributed by atoms with Gasteiger partial charge >= 0.3 is 0 Å². The normalized spacial score (nSPS) is 10.8. The van der Waals surface area contributed by atoms with E-state index < -0.39 is 0 Å². The van der Waals surface area contributed by atoms with Gasteiger partial charge in [-0.3, -0.25) is 9.48 Å². The van der Waals surface area contributed by atoms with Crippen LogP contribution in [0.1, 0.15) is 15.9 Å². The molecule has 0 spiro atoms. The molecule has 4 aromatic rings. The zero-order valence-corrected chi connectivity index (χ0v) is 18.6. The molecule has 2 N–H and O–H groups in total. The van der Waals surface area contributed by atoms with Crippen LogP contribution < -0.4 is 14.8 Å². The molecule has 2 aromatic carbocycles. The highest BCUT2D eigenvalue weighted by molar-refractivity contribution is 6.32. The minimum atomic E-state index is -0.268. The van der Waals surface area contributed by atoms with Crippen molar-refractivity contribution in [1.82, 2.24) is 25.1 Å². The topological polar surface area (TPSA) is 94.1 Å². The summed E-state index contributed by atoms with van der Waals surface area (Å²) in [6, 6.07) is 13.4. The van der Waals surface area contributed by atoms with Crippen molar-refractivity contribution in [2.75, 3.05) is 14.2 Å². The van der Waals surface area contributed by atoms with Crippen molar-refractivity contribution in [1.29, 1.82) is 0 Å². The number of benzene rings is 2. The van der Waals surface area contributed by atoms with E-state index in [1.165, 1.54) is 10.9 Å². The molecule has 32 heavy (non-hydrogen) atoms. The molecule has 2 aromatic heterocycles. The lowest BCUT2D eigenvalue weighted by Gasteiger charge is -2.09. The standard InChI is InChI=1S/C23H22ClN5O3/c1-29-21(24)18(12-27-29)23(30)26-11-14-4-6-15(7-5-14)22-25-13-19(28-22)17-10-16(31-2)8-9-20(17)32-3/h4-10,12-13H,11H2,1-3H3,(H,25,28)(H,26,30). The van der Waals surface area contributed by atoms with Gasteiger partial charge in [0, 0.05) is 24.7 Å². The average molecular weight is 452 g/mol. The highest BCUT2D eigenvalue weighted by Gasteiger charge is 2.14. The van der Waals surface area contributed by atoms with Gasteiger partial charge < -0.3 is 19.8 Å². The number of carbonyl (C=O) groups excluding carboxylic acids is 1. The number of aryl methyl sites for hydroxylation is 1. The number of amides is 1. The van der Waals surface area contributed by atoms with Gasteiger partial charge in [0.1, 0.15) is 22.5 Å². The molecule has 1 amide bonds. The SMILES string of the molecule is COc1ccc(OC)c(-c2cnc(-c3ccc(CNC(=O)c4cnn(C)c4Cl)cc3)[nH]2)c1. The predicted octanol–water partition coefficient (Wildman–Crippen LogP) is 4.08. The van der Waals surface area contributed by atoms with Crippen LogP contribution in [-0.4, -0.2) is 39.9 Å². The molecule has 0 saturated carbocycles. The fraction of sp³-hybridized carbons (Fsp3) is 0.174. The highest BCUT2D eigenvalue weighted by atomic mass is 35.5. The van der Waals surface area contributed by atoms with E-state index in [4.69, 9.17) is 21.1 Å². The first-order chi connectivity index (χ1) is 15.5. The fourth-order valence-corrected chi connectivity index (χ4v) is 3.44. The van der Waals surface area contributed by atoms with Crippen molar-refractivity contribution in [2.45, 2.75) is 6.54 Å². The molecule has 8 nitrogen and oxygen atoms in total. The van der Waals surface area contributed by atoms with Crippen molar-refractivity contribution >= 4 is 17.5 Å². The van der Waals surface area contributed by atoms with Crippen LogP contribution in [0, 0.1) is 0 Å². The van der Waals surface area contributed by atoms with Gasteiger partial charge in [0.05, 0.1) is 37.9 Å². The molecule has 0 saturated heterocycles. The average Bonchev–Trinajstić information content (AvgIpc) is 3.44. The van der Waals surface area contributed by atoms with E-state index in [1.807, 2.05) is 42.5 Å². The van der Waals surface area contributed by atoms with Gasteiger partial charge in [-0.25, -0.2) is 4.98 Å². The summed E-state index contributed by atoms with van der Waals surface area (Å²) < 4.78 is 12.2. The molecule has 0 radical (unpaired) electrons. The summed E-state index contributed by atoms with van der Waals surface area (Å²) >= 11 is 6.07. The molecule has 164 valence electrons. The van der Waals surface area contributed by atoms with Crippen LogP contribution in [0.3, 0.4) is 0 Å². The quantitative estimate of drug-likeness (QED) is 0.441. The van der Waals surface area contributed by atoms with Crippen molar-refractivity contribution in [3.05, 3.63) is 71.1 Å². The lowest BCUT2D eigenvalue weighted by molar-refractivity contribution is 0.0951. The molecular weight excluding hydrogens is 430 g/mol. The van der Waals surface area contributed by atoms with E-state index in [-0.39, 0.29) is 5.91 Å². The molecular formula is C23H22ClN5O3. The maximum atomic E-state index is 12.3. The number of hydrogen-bond acceptors (Lipinski definition) is 5. The molecule has 0 bridgehead atoms. The van der Waals surface area contributed by atoms with E-state index >= 15 is 0 Å². The van der Waals surface area contributed by atoms with Gasteiger partial charge in [0.25, 0.3) is 5.91 Å². The zero-order valence-electron chi connectivity index (χ0n) is 17.8. The third kappa shape index (κ3) is 4.31. The van der Waals surface area contributed by atoms with E-state index in [0.717, 1.165) is 39.7 Å². The summed E-state index contributed by atoms with van der Waals surface area (Å²) in [6.07, 6.45) is 3.21. The van der Waals surface area contributed by atoms with Crippen molar-refractivity contribution in [3.63, 3.8) is 0 Å². The number of hydrogen-bond donors (Lipinski definition) is 2. The number of halogens is 1. The highest BCUT2D eigenvalue weighted by Crippen LogP contribution is 2.33. The third-order valence-corrected chi connectivity index (χ3v) is 5.51. The Morgan fingerprint density at radius 2 is 1.91 bits per heavy atom. The Kier molecular flexibility index (Phi) is 6.13. The first kappa shape index (κ1) is 21.5. The number of carbonyl (C=O) groups is 1. The van der Waals surface area contributed by atoms with Gasteiger partial charge in [-0.05, 0) is 23.8 Å². The summed E-state index contributed by atoms with van der Waals surface area (Å²) in [5.41, 5.74) is 3.90. The lowest BCUT2D eigenvalue weighted by Crippen LogP contribution is -2.22. The number of aromatic amines is 1. The summed E-state index contributed by atoms with van der Waals surface area (Å²) in [4.78, 5) is 20.1. The van der Waals surface area contributed by atoms with Gasteiger partial charge in [0.15, 0.2) is 0 Å². The Balaban J connectivity index is 1.47. The number of imidazole rings is 1. The van der Waals surface area contributed by atoms with Crippen LogP contribution in [0.15, 0.2) is 54.9 Å². The summed E-state index contributed by atoms with van der Waals surface area (Å²) in [5.74, 6) is 1.91. The Morgan fingerprint density at radius 3 is 2.56 bits per heavy atom. The molecule has 0 atom stereocenters. The van der Waals surface area contributed by atoms with Crippen molar-refractivity contribution < 1.29 is 14.3 Å². The van der Waals surface area contributed by atoms with E-state index in [0.29, 0.717) is 17.3 Å².